The predicted molar refractivity (Wildman–Crippen MR) is 99.0 cm³/mol. The van der Waals surface area contributed by atoms with E-state index in [4.69, 9.17) is 0 Å². The number of carbonyl (C=O) groups excluding carboxylic acids is 1. The van der Waals surface area contributed by atoms with Gasteiger partial charge in [-0.2, -0.15) is 5.10 Å². The maximum Gasteiger partial charge on any atom is 0.244 e. The van der Waals surface area contributed by atoms with Gasteiger partial charge in [-0.3, -0.25) is 9.78 Å². The molecule has 0 atom stereocenters. The van der Waals surface area contributed by atoms with Crippen molar-refractivity contribution in [2.24, 2.45) is 0 Å². The number of amides is 1. The molecule has 0 fully saturated rings. The van der Waals surface area contributed by atoms with Gasteiger partial charge in [0.2, 0.25) is 5.91 Å². The number of nitrogens with zero attached hydrogens (tertiary/aromatic N) is 3. The van der Waals surface area contributed by atoms with Crippen molar-refractivity contribution in [1.29, 1.82) is 0 Å². The van der Waals surface area contributed by atoms with Gasteiger partial charge in [-0.25, -0.2) is 4.68 Å². The molecule has 0 bridgehead atoms. The molecule has 1 amide bonds. The molecule has 1 N–H and O–H groups in total. The molecule has 5 nitrogen and oxygen atoms in total. The van der Waals surface area contributed by atoms with Crippen molar-refractivity contribution in [3.63, 3.8) is 0 Å². The lowest BCUT2D eigenvalue weighted by Gasteiger charge is -2.00. The van der Waals surface area contributed by atoms with E-state index < -0.39 is 0 Å². The average Bonchev–Trinajstić information content (AvgIpc) is 3.10. The van der Waals surface area contributed by atoms with Crippen LogP contribution in [0, 0.1) is 0 Å². The van der Waals surface area contributed by atoms with E-state index in [0.717, 1.165) is 22.5 Å². The zero-order valence-electron chi connectivity index (χ0n) is 13.7. The maximum atomic E-state index is 11.8. The highest BCUT2D eigenvalue weighted by Crippen LogP contribution is 2.24. The Morgan fingerprint density at radius 3 is 2.76 bits per heavy atom. The van der Waals surface area contributed by atoms with Crippen LogP contribution in [0.15, 0.2) is 79.8 Å². The van der Waals surface area contributed by atoms with Crippen LogP contribution in [0.3, 0.4) is 0 Å². The van der Waals surface area contributed by atoms with Crippen molar-refractivity contribution < 1.29 is 4.79 Å². The Hall–Kier alpha value is -3.47. The maximum absolute atomic E-state index is 11.8. The number of benzene rings is 1. The van der Waals surface area contributed by atoms with Crippen LogP contribution in [0.5, 0.6) is 0 Å². The van der Waals surface area contributed by atoms with Gasteiger partial charge in [-0.1, -0.05) is 24.3 Å². The number of carbonyl (C=O) groups is 1. The molecule has 5 heteroatoms. The Balaban J connectivity index is 1.97. The molecule has 3 rings (SSSR count). The predicted octanol–water partition coefficient (Wildman–Crippen LogP) is 3.25. The fraction of sp³-hybridized carbons (Fsp3) is 0.0500. The van der Waals surface area contributed by atoms with Gasteiger partial charge in [0.25, 0.3) is 0 Å². The van der Waals surface area contributed by atoms with E-state index >= 15 is 0 Å². The van der Waals surface area contributed by atoms with E-state index in [9.17, 15) is 4.79 Å². The van der Waals surface area contributed by atoms with Crippen LogP contribution in [0.1, 0.15) is 5.56 Å². The summed E-state index contributed by atoms with van der Waals surface area (Å²) in [5.74, 6) is -0.176. The Morgan fingerprint density at radius 1 is 1.20 bits per heavy atom. The van der Waals surface area contributed by atoms with Crippen molar-refractivity contribution >= 4 is 12.0 Å². The van der Waals surface area contributed by atoms with Crippen LogP contribution in [-0.4, -0.2) is 27.2 Å². The molecule has 0 saturated carbocycles. The summed E-state index contributed by atoms with van der Waals surface area (Å²) in [4.78, 5) is 16.0. The number of rotatable bonds is 6. The third kappa shape index (κ3) is 4.09. The lowest BCUT2D eigenvalue weighted by molar-refractivity contribution is -0.116. The molecule has 0 aliphatic heterocycles. The van der Waals surface area contributed by atoms with Gasteiger partial charge in [0.15, 0.2) is 0 Å². The number of pyridine rings is 1. The van der Waals surface area contributed by atoms with Gasteiger partial charge in [0.1, 0.15) is 5.69 Å². The largest absolute Gasteiger partial charge is 0.349 e. The Bertz CT molecular complexity index is 883. The number of para-hydroxylation sites is 1. The van der Waals surface area contributed by atoms with E-state index in [0.29, 0.717) is 6.54 Å². The van der Waals surface area contributed by atoms with E-state index in [1.54, 1.807) is 29.2 Å². The Kier molecular flexibility index (Phi) is 5.16. The van der Waals surface area contributed by atoms with Crippen LogP contribution in [0.25, 0.3) is 23.0 Å². The molecule has 0 saturated heterocycles. The minimum absolute atomic E-state index is 0.176. The van der Waals surface area contributed by atoms with Crippen LogP contribution in [0.4, 0.5) is 0 Å². The SMILES string of the molecule is C=CCNC(=O)/C=C/c1cn(-c2ccccc2)nc1-c1cccnc1. The molecule has 0 unspecified atom stereocenters. The van der Waals surface area contributed by atoms with Crippen LogP contribution < -0.4 is 5.32 Å². The summed E-state index contributed by atoms with van der Waals surface area (Å²) >= 11 is 0. The first-order valence-corrected chi connectivity index (χ1v) is 7.90. The molecular weight excluding hydrogens is 312 g/mol. The monoisotopic (exact) mass is 330 g/mol. The molecular formula is C20H18N4O. The fourth-order valence-corrected chi connectivity index (χ4v) is 2.35. The molecule has 0 aliphatic rings. The molecule has 1 aromatic carbocycles. The fourth-order valence-electron chi connectivity index (χ4n) is 2.35. The van der Waals surface area contributed by atoms with Gasteiger partial charge in [-0.15, -0.1) is 6.58 Å². The van der Waals surface area contributed by atoms with E-state index in [2.05, 4.69) is 22.0 Å². The van der Waals surface area contributed by atoms with E-state index in [1.807, 2.05) is 48.7 Å². The summed E-state index contributed by atoms with van der Waals surface area (Å²) in [7, 11) is 0. The smallest absolute Gasteiger partial charge is 0.244 e. The first kappa shape index (κ1) is 16.4. The molecule has 2 heterocycles. The van der Waals surface area contributed by atoms with Crippen LogP contribution in [-0.2, 0) is 4.79 Å². The molecule has 124 valence electrons. The highest BCUT2D eigenvalue weighted by molar-refractivity contribution is 5.92. The first-order chi connectivity index (χ1) is 12.3. The number of aromatic nitrogens is 3. The quantitative estimate of drug-likeness (QED) is 0.557. The lowest BCUT2D eigenvalue weighted by atomic mass is 10.1. The summed E-state index contributed by atoms with van der Waals surface area (Å²) in [6, 6.07) is 13.6. The molecule has 2 aromatic heterocycles. The zero-order valence-corrected chi connectivity index (χ0v) is 13.7. The number of hydrogen-bond donors (Lipinski definition) is 1. The summed E-state index contributed by atoms with van der Waals surface area (Å²) in [6.07, 6.45) is 10.3. The third-order valence-corrected chi connectivity index (χ3v) is 3.53. The molecule has 25 heavy (non-hydrogen) atoms. The van der Waals surface area contributed by atoms with Crippen molar-refractivity contribution in [3.8, 4) is 16.9 Å². The molecule has 0 aliphatic carbocycles. The van der Waals surface area contributed by atoms with Crippen LogP contribution in [0.2, 0.25) is 0 Å². The van der Waals surface area contributed by atoms with Gasteiger partial charge in [-0.05, 0) is 30.3 Å². The Morgan fingerprint density at radius 2 is 2.04 bits per heavy atom. The normalized spacial score (nSPS) is 10.7. The van der Waals surface area contributed by atoms with Gasteiger partial charge in [0, 0.05) is 42.3 Å². The van der Waals surface area contributed by atoms with Crippen molar-refractivity contribution in [3.05, 3.63) is 85.3 Å². The number of nitrogens with one attached hydrogen (secondary N) is 1. The minimum Gasteiger partial charge on any atom is -0.349 e. The third-order valence-electron chi connectivity index (χ3n) is 3.53. The van der Waals surface area contributed by atoms with Crippen molar-refractivity contribution in [2.45, 2.75) is 0 Å². The van der Waals surface area contributed by atoms with E-state index in [-0.39, 0.29) is 5.91 Å². The van der Waals surface area contributed by atoms with E-state index in [1.165, 1.54) is 6.08 Å². The van der Waals surface area contributed by atoms with Crippen molar-refractivity contribution in [1.82, 2.24) is 20.1 Å². The minimum atomic E-state index is -0.176. The average molecular weight is 330 g/mol. The van der Waals surface area contributed by atoms with Crippen molar-refractivity contribution in [2.75, 3.05) is 6.54 Å². The molecule has 0 spiro atoms. The highest BCUT2D eigenvalue weighted by atomic mass is 16.1. The molecule has 3 aromatic rings. The summed E-state index contributed by atoms with van der Waals surface area (Å²) in [5, 5.41) is 7.39. The van der Waals surface area contributed by atoms with Gasteiger partial charge < -0.3 is 5.32 Å². The second-order valence-corrected chi connectivity index (χ2v) is 5.32. The summed E-state index contributed by atoms with van der Waals surface area (Å²) in [6.45, 7) is 4.01. The zero-order chi connectivity index (χ0) is 17.5. The second-order valence-electron chi connectivity index (χ2n) is 5.32. The Labute approximate surface area is 146 Å². The second kappa shape index (κ2) is 7.88. The van der Waals surface area contributed by atoms with Gasteiger partial charge >= 0.3 is 0 Å². The van der Waals surface area contributed by atoms with Gasteiger partial charge in [0.05, 0.1) is 5.69 Å². The summed E-state index contributed by atoms with van der Waals surface area (Å²) < 4.78 is 1.80. The first-order valence-electron chi connectivity index (χ1n) is 7.90. The lowest BCUT2D eigenvalue weighted by Crippen LogP contribution is -2.20. The summed E-state index contributed by atoms with van der Waals surface area (Å²) in [5.41, 5.74) is 3.45. The molecule has 0 radical (unpaired) electrons. The standard InChI is InChI=1S/C20H18N4O/c1-2-12-22-19(25)11-10-17-15-24(18-8-4-3-5-9-18)23-20(17)16-7-6-13-21-14-16/h2-11,13-15H,1,12H2,(H,22,25)/b11-10+. The number of hydrogen-bond acceptors (Lipinski definition) is 3. The van der Waals surface area contributed by atoms with Crippen LogP contribution >= 0.6 is 0 Å². The topological polar surface area (TPSA) is 59.8 Å². The highest BCUT2D eigenvalue weighted by Gasteiger charge is 2.10.